The Morgan fingerprint density at radius 3 is 2.77 bits per heavy atom. The molecule has 2 nitrogen and oxygen atoms in total. The molecule has 13 heavy (non-hydrogen) atoms. The third kappa shape index (κ3) is 2.08. The lowest BCUT2D eigenvalue weighted by molar-refractivity contribution is 1.12. The maximum Gasteiger partial charge on any atom is 0.0876 e. The van der Waals surface area contributed by atoms with Crippen LogP contribution in [0.15, 0.2) is 24.7 Å². The minimum Gasteiger partial charge on any atom is -0.365 e. The molecular formula is C11H16N2. The van der Waals surface area contributed by atoms with Crippen molar-refractivity contribution in [2.45, 2.75) is 27.2 Å². The summed E-state index contributed by atoms with van der Waals surface area (Å²) in [6.07, 6.45) is 6.86. The zero-order chi connectivity index (χ0) is 9.68. The first-order chi connectivity index (χ1) is 6.40. The van der Waals surface area contributed by atoms with Crippen molar-refractivity contribution in [1.82, 2.24) is 9.97 Å². The number of rotatable bonds is 1. The SMILES string of the molecule is CC.CCc1cnc2c[nH]cc2c1. The van der Waals surface area contributed by atoms with Gasteiger partial charge in [0.15, 0.2) is 0 Å². The van der Waals surface area contributed by atoms with Crippen molar-refractivity contribution in [1.29, 1.82) is 0 Å². The zero-order valence-corrected chi connectivity index (χ0v) is 8.46. The van der Waals surface area contributed by atoms with Crippen LogP contribution in [0.5, 0.6) is 0 Å². The number of nitrogens with one attached hydrogen (secondary N) is 1. The Balaban J connectivity index is 0.000000396. The number of aryl methyl sites for hydroxylation is 1. The molecule has 0 aliphatic carbocycles. The molecule has 0 saturated heterocycles. The van der Waals surface area contributed by atoms with Crippen LogP contribution in [0.3, 0.4) is 0 Å². The summed E-state index contributed by atoms with van der Waals surface area (Å²) in [7, 11) is 0. The van der Waals surface area contributed by atoms with E-state index in [0.717, 1.165) is 11.9 Å². The van der Waals surface area contributed by atoms with Crippen LogP contribution < -0.4 is 0 Å². The van der Waals surface area contributed by atoms with Crippen molar-refractivity contribution in [3.63, 3.8) is 0 Å². The maximum absolute atomic E-state index is 4.28. The van der Waals surface area contributed by atoms with E-state index >= 15 is 0 Å². The fraction of sp³-hybridized carbons (Fsp3) is 0.364. The van der Waals surface area contributed by atoms with Gasteiger partial charge in [-0.2, -0.15) is 0 Å². The third-order valence-electron chi connectivity index (χ3n) is 1.87. The molecular weight excluding hydrogens is 160 g/mol. The molecule has 0 aromatic carbocycles. The molecule has 1 N–H and O–H groups in total. The van der Waals surface area contributed by atoms with Gasteiger partial charge < -0.3 is 4.98 Å². The van der Waals surface area contributed by atoms with Crippen LogP contribution in [-0.4, -0.2) is 9.97 Å². The molecule has 2 aromatic heterocycles. The number of H-pyrrole nitrogens is 1. The van der Waals surface area contributed by atoms with E-state index in [1.807, 2.05) is 32.4 Å². The Kier molecular flexibility index (Phi) is 3.50. The second kappa shape index (κ2) is 4.65. The Hall–Kier alpha value is -1.31. The standard InChI is InChI=1S/C9H10N2.C2H6/c1-2-7-3-8-5-10-6-9(8)11-4-7;1-2/h3-6,10H,2H2,1H3;1-2H3. The van der Waals surface area contributed by atoms with Gasteiger partial charge in [0.05, 0.1) is 5.52 Å². The summed E-state index contributed by atoms with van der Waals surface area (Å²) >= 11 is 0. The lowest BCUT2D eigenvalue weighted by Gasteiger charge is -1.93. The molecule has 0 atom stereocenters. The number of nitrogens with zero attached hydrogens (tertiary/aromatic N) is 1. The molecule has 2 heteroatoms. The molecule has 0 radical (unpaired) electrons. The Bertz CT molecular complexity index is 363. The van der Waals surface area contributed by atoms with E-state index in [1.54, 1.807) is 0 Å². The van der Waals surface area contributed by atoms with Gasteiger partial charge in [0.2, 0.25) is 0 Å². The molecule has 0 saturated carbocycles. The predicted molar refractivity (Wildman–Crippen MR) is 56.8 cm³/mol. The van der Waals surface area contributed by atoms with E-state index in [2.05, 4.69) is 23.0 Å². The predicted octanol–water partition coefficient (Wildman–Crippen LogP) is 3.15. The fourth-order valence-electron chi connectivity index (χ4n) is 1.18. The van der Waals surface area contributed by atoms with Crippen molar-refractivity contribution < 1.29 is 0 Å². The molecule has 2 aromatic rings. The van der Waals surface area contributed by atoms with Crippen LogP contribution in [0.2, 0.25) is 0 Å². The van der Waals surface area contributed by atoms with E-state index in [9.17, 15) is 0 Å². The lowest BCUT2D eigenvalue weighted by atomic mass is 10.2. The number of fused-ring (bicyclic) bond motifs is 1. The summed E-state index contributed by atoms with van der Waals surface area (Å²) in [5.41, 5.74) is 2.33. The topological polar surface area (TPSA) is 28.7 Å². The second-order valence-corrected chi connectivity index (χ2v) is 2.63. The highest BCUT2D eigenvalue weighted by Gasteiger charge is 1.95. The first-order valence-corrected chi connectivity index (χ1v) is 4.81. The number of aromatic amines is 1. The van der Waals surface area contributed by atoms with E-state index in [0.29, 0.717) is 0 Å². The Labute approximate surface area is 79.0 Å². The van der Waals surface area contributed by atoms with E-state index in [1.165, 1.54) is 10.9 Å². The monoisotopic (exact) mass is 176 g/mol. The Morgan fingerprint density at radius 1 is 1.31 bits per heavy atom. The zero-order valence-electron chi connectivity index (χ0n) is 8.46. The average molecular weight is 176 g/mol. The van der Waals surface area contributed by atoms with Crippen LogP contribution >= 0.6 is 0 Å². The first kappa shape index (κ1) is 9.78. The molecule has 0 amide bonds. The number of aromatic nitrogens is 2. The van der Waals surface area contributed by atoms with Crippen LogP contribution in [0.25, 0.3) is 10.9 Å². The quantitative estimate of drug-likeness (QED) is 0.710. The summed E-state index contributed by atoms with van der Waals surface area (Å²) in [6.45, 7) is 6.13. The highest BCUT2D eigenvalue weighted by Crippen LogP contribution is 2.11. The number of hydrogen-bond acceptors (Lipinski definition) is 1. The highest BCUT2D eigenvalue weighted by molar-refractivity contribution is 5.78. The van der Waals surface area contributed by atoms with E-state index in [4.69, 9.17) is 0 Å². The van der Waals surface area contributed by atoms with Crippen LogP contribution in [0.4, 0.5) is 0 Å². The average Bonchev–Trinajstić information content (AvgIpc) is 2.67. The summed E-state index contributed by atoms with van der Waals surface area (Å²) < 4.78 is 0. The fourth-order valence-corrected chi connectivity index (χ4v) is 1.18. The van der Waals surface area contributed by atoms with Gasteiger partial charge in [0.1, 0.15) is 0 Å². The minimum atomic E-state index is 1.04. The van der Waals surface area contributed by atoms with Crippen molar-refractivity contribution >= 4 is 10.9 Å². The van der Waals surface area contributed by atoms with Gasteiger partial charge in [-0.25, -0.2) is 0 Å². The van der Waals surface area contributed by atoms with Crippen LogP contribution in [-0.2, 0) is 6.42 Å². The molecule has 0 aliphatic heterocycles. The molecule has 0 fully saturated rings. The van der Waals surface area contributed by atoms with E-state index < -0.39 is 0 Å². The van der Waals surface area contributed by atoms with Gasteiger partial charge in [-0.1, -0.05) is 20.8 Å². The summed E-state index contributed by atoms with van der Waals surface area (Å²) in [6, 6.07) is 2.17. The van der Waals surface area contributed by atoms with Crippen LogP contribution in [0.1, 0.15) is 26.3 Å². The maximum atomic E-state index is 4.28. The van der Waals surface area contributed by atoms with E-state index in [-0.39, 0.29) is 0 Å². The van der Waals surface area contributed by atoms with Gasteiger partial charge in [0.25, 0.3) is 0 Å². The summed E-state index contributed by atoms with van der Waals surface area (Å²) in [5.74, 6) is 0. The molecule has 70 valence electrons. The summed E-state index contributed by atoms with van der Waals surface area (Å²) in [4.78, 5) is 7.31. The Morgan fingerprint density at radius 2 is 2.08 bits per heavy atom. The number of hydrogen-bond donors (Lipinski definition) is 1. The largest absolute Gasteiger partial charge is 0.365 e. The second-order valence-electron chi connectivity index (χ2n) is 2.63. The molecule has 0 spiro atoms. The molecule has 0 unspecified atom stereocenters. The molecule has 2 rings (SSSR count). The van der Waals surface area contributed by atoms with Gasteiger partial charge in [-0.15, -0.1) is 0 Å². The van der Waals surface area contributed by atoms with Gasteiger partial charge >= 0.3 is 0 Å². The molecule has 2 heterocycles. The van der Waals surface area contributed by atoms with Gasteiger partial charge in [-0.3, -0.25) is 4.98 Å². The normalized spacial score (nSPS) is 9.46. The van der Waals surface area contributed by atoms with Crippen molar-refractivity contribution in [3.8, 4) is 0 Å². The van der Waals surface area contributed by atoms with Gasteiger partial charge in [-0.05, 0) is 18.1 Å². The van der Waals surface area contributed by atoms with Gasteiger partial charge in [0, 0.05) is 24.0 Å². The van der Waals surface area contributed by atoms with Crippen molar-refractivity contribution in [2.75, 3.05) is 0 Å². The third-order valence-corrected chi connectivity index (χ3v) is 1.87. The number of pyridine rings is 1. The lowest BCUT2D eigenvalue weighted by Crippen LogP contribution is -1.80. The van der Waals surface area contributed by atoms with Crippen molar-refractivity contribution in [3.05, 3.63) is 30.2 Å². The molecule has 0 aliphatic rings. The summed E-state index contributed by atoms with van der Waals surface area (Å²) in [5, 5.41) is 1.20. The first-order valence-electron chi connectivity index (χ1n) is 4.81. The van der Waals surface area contributed by atoms with Crippen LogP contribution in [0, 0.1) is 0 Å². The van der Waals surface area contributed by atoms with Crippen molar-refractivity contribution in [2.24, 2.45) is 0 Å². The smallest absolute Gasteiger partial charge is 0.0876 e. The highest BCUT2D eigenvalue weighted by atomic mass is 14.7. The minimum absolute atomic E-state index is 1.04. The molecule has 0 bridgehead atoms.